The van der Waals surface area contributed by atoms with Crippen LogP contribution in [0, 0.1) is 0 Å². The predicted molar refractivity (Wildman–Crippen MR) is 122 cm³/mol. The first-order valence-corrected chi connectivity index (χ1v) is 10.7. The van der Waals surface area contributed by atoms with Gasteiger partial charge in [0.2, 0.25) is 0 Å². The van der Waals surface area contributed by atoms with Crippen LogP contribution >= 0.6 is 0 Å². The lowest BCUT2D eigenvalue weighted by Crippen LogP contribution is -2.46. The molecule has 2 aromatic carbocycles. The third-order valence-electron chi connectivity index (χ3n) is 4.37. The highest BCUT2D eigenvalue weighted by Crippen LogP contribution is 2.10. The SMILES string of the molecule is CC(NC(=O)Oc1ccccc1)OC(=O)C(CCCCNC(=O)Oc1ccccc1)NC(=O)OO. The van der Waals surface area contributed by atoms with Gasteiger partial charge in [-0.3, -0.25) is 10.2 Å². The molecule has 0 saturated carbocycles. The van der Waals surface area contributed by atoms with Crippen molar-refractivity contribution in [2.24, 2.45) is 0 Å². The van der Waals surface area contributed by atoms with Crippen LogP contribution < -0.4 is 25.4 Å². The summed E-state index contributed by atoms with van der Waals surface area (Å²) in [7, 11) is 0. The van der Waals surface area contributed by atoms with Crippen LogP contribution in [0.25, 0.3) is 0 Å². The van der Waals surface area contributed by atoms with Crippen LogP contribution in [0.3, 0.4) is 0 Å². The summed E-state index contributed by atoms with van der Waals surface area (Å²) < 4.78 is 15.3. The molecule has 0 aliphatic carbocycles. The highest BCUT2D eigenvalue weighted by molar-refractivity contribution is 5.81. The number of hydrogen-bond acceptors (Lipinski definition) is 9. The van der Waals surface area contributed by atoms with Crippen LogP contribution in [0.2, 0.25) is 0 Å². The fourth-order valence-electron chi connectivity index (χ4n) is 2.79. The van der Waals surface area contributed by atoms with Crippen molar-refractivity contribution in [3.8, 4) is 11.5 Å². The van der Waals surface area contributed by atoms with Gasteiger partial charge < -0.3 is 24.8 Å². The fraction of sp³-hybridized carbons (Fsp3) is 0.304. The maximum Gasteiger partial charge on any atom is 0.439 e. The van der Waals surface area contributed by atoms with Crippen molar-refractivity contribution in [3.63, 3.8) is 0 Å². The van der Waals surface area contributed by atoms with Gasteiger partial charge >= 0.3 is 24.2 Å². The van der Waals surface area contributed by atoms with E-state index in [1.54, 1.807) is 60.7 Å². The summed E-state index contributed by atoms with van der Waals surface area (Å²) in [6, 6.07) is 15.6. The lowest BCUT2D eigenvalue weighted by Gasteiger charge is -2.20. The summed E-state index contributed by atoms with van der Waals surface area (Å²) >= 11 is 0. The summed E-state index contributed by atoms with van der Waals surface area (Å²) in [6.07, 6.45) is -2.87. The van der Waals surface area contributed by atoms with Crippen molar-refractivity contribution >= 4 is 24.2 Å². The van der Waals surface area contributed by atoms with E-state index >= 15 is 0 Å². The average molecular weight is 489 g/mol. The minimum absolute atomic E-state index is 0.102. The quantitative estimate of drug-likeness (QED) is 0.122. The summed E-state index contributed by atoms with van der Waals surface area (Å²) in [5.41, 5.74) is 0. The van der Waals surface area contributed by atoms with Gasteiger partial charge in [-0.25, -0.2) is 19.2 Å². The van der Waals surface area contributed by atoms with Gasteiger partial charge in [0.15, 0.2) is 6.23 Å². The Labute approximate surface area is 201 Å². The molecule has 12 heteroatoms. The van der Waals surface area contributed by atoms with Crippen LogP contribution in [0.4, 0.5) is 14.4 Å². The van der Waals surface area contributed by atoms with Gasteiger partial charge in [-0.05, 0) is 50.5 Å². The number of carbonyl (C=O) groups is 4. The number of ether oxygens (including phenoxy) is 3. The molecule has 35 heavy (non-hydrogen) atoms. The first-order chi connectivity index (χ1) is 16.9. The Bertz CT molecular complexity index is 957. The number of para-hydroxylation sites is 2. The molecule has 0 saturated heterocycles. The molecule has 0 radical (unpaired) electrons. The lowest BCUT2D eigenvalue weighted by molar-refractivity contribution is -0.180. The van der Waals surface area contributed by atoms with E-state index in [4.69, 9.17) is 19.5 Å². The van der Waals surface area contributed by atoms with Crippen molar-refractivity contribution in [1.29, 1.82) is 0 Å². The number of hydrogen-bond donors (Lipinski definition) is 4. The monoisotopic (exact) mass is 489 g/mol. The van der Waals surface area contributed by atoms with Gasteiger partial charge in [0.25, 0.3) is 0 Å². The molecular formula is C23H27N3O9. The lowest BCUT2D eigenvalue weighted by atomic mass is 10.1. The van der Waals surface area contributed by atoms with Gasteiger partial charge in [-0.15, -0.1) is 0 Å². The minimum atomic E-state index is -1.25. The van der Waals surface area contributed by atoms with Crippen molar-refractivity contribution in [3.05, 3.63) is 60.7 Å². The Balaban J connectivity index is 1.74. The normalized spacial score (nSPS) is 11.8. The summed E-state index contributed by atoms with van der Waals surface area (Å²) in [5.74, 6) is -0.177. The molecule has 4 N–H and O–H groups in total. The number of esters is 1. The van der Waals surface area contributed by atoms with Crippen molar-refractivity contribution in [1.82, 2.24) is 16.0 Å². The van der Waals surface area contributed by atoms with Crippen LogP contribution in [0.5, 0.6) is 11.5 Å². The van der Waals surface area contributed by atoms with Gasteiger partial charge in [0.05, 0.1) is 0 Å². The third-order valence-corrected chi connectivity index (χ3v) is 4.37. The van der Waals surface area contributed by atoms with Gasteiger partial charge in [-0.2, -0.15) is 5.26 Å². The topological polar surface area (TPSA) is 162 Å². The van der Waals surface area contributed by atoms with E-state index in [0.717, 1.165) is 0 Å². The molecule has 2 atom stereocenters. The van der Waals surface area contributed by atoms with E-state index in [9.17, 15) is 19.2 Å². The largest absolute Gasteiger partial charge is 0.440 e. The number of carbonyl (C=O) groups excluding carboxylic acids is 4. The molecule has 0 aromatic heterocycles. The van der Waals surface area contributed by atoms with E-state index in [1.807, 2.05) is 0 Å². The highest BCUT2D eigenvalue weighted by atomic mass is 17.1. The Morgan fingerprint density at radius 2 is 1.37 bits per heavy atom. The molecule has 0 fully saturated rings. The van der Waals surface area contributed by atoms with Crippen molar-refractivity contribution in [2.75, 3.05) is 6.54 Å². The third kappa shape index (κ3) is 10.9. The molecule has 2 rings (SSSR count). The minimum Gasteiger partial charge on any atom is -0.440 e. The van der Waals surface area contributed by atoms with E-state index < -0.39 is 36.5 Å². The molecule has 3 amide bonds. The molecule has 188 valence electrons. The Morgan fingerprint density at radius 1 is 0.800 bits per heavy atom. The van der Waals surface area contributed by atoms with Crippen LogP contribution in [-0.2, 0) is 14.4 Å². The van der Waals surface area contributed by atoms with Crippen LogP contribution in [-0.4, -0.2) is 48.3 Å². The average Bonchev–Trinajstić information content (AvgIpc) is 2.83. The molecule has 0 aliphatic heterocycles. The maximum absolute atomic E-state index is 12.5. The van der Waals surface area contributed by atoms with Crippen LogP contribution in [0.1, 0.15) is 26.2 Å². The van der Waals surface area contributed by atoms with Crippen LogP contribution in [0.15, 0.2) is 60.7 Å². The highest BCUT2D eigenvalue weighted by Gasteiger charge is 2.25. The molecule has 0 spiro atoms. The number of rotatable bonds is 11. The summed E-state index contributed by atoms with van der Waals surface area (Å²) in [6.45, 7) is 1.65. The summed E-state index contributed by atoms with van der Waals surface area (Å²) in [5, 5.41) is 15.6. The zero-order valence-electron chi connectivity index (χ0n) is 19.0. The second-order valence-electron chi connectivity index (χ2n) is 7.13. The molecule has 2 unspecified atom stereocenters. The number of nitrogens with one attached hydrogen (secondary N) is 3. The van der Waals surface area contributed by atoms with E-state index in [1.165, 1.54) is 6.92 Å². The second kappa shape index (κ2) is 14.8. The zero-order chi connectivity index (χ0) is 25.5. The Morgan fingerprint density at radius 3 is 1.94 bits per heavy atom. The first-order valence-electron chi connectivity index (χ1n) is 10.7. The van der Waals surface area contributed by atoms with Gasteiger partial charge in [0.1, 0.15) is 17.5 Å². The van der Waals surface area contributed by atoms with Crippen molar-refractivity contribution < 1.29 is 43.5 Å². The van der Waals surface area contributed by atoms with E-state index in [2.05, 4.69) is 20.8 Å². The van der Waals surface area contributed by atoms with Gasteiger partial charge in [0, 0.05) is 6.54 Å². The smallest absolute Gasteiger partial charge is 0.439 e. The standard InChI is InChI=1S/C23H27N3O9/c1-16(25-22(29)34-18-12-6-3-7-13-18)32-20(27)19(26-23(30)35-31)14-8-9-15-24-21(28)33-17-10-4-2-5-11-17/h2-7,10-13,16,19,31H,8-9,14-15H2,1H3,(H,24,28)(H,25,29)(H,26,30). The Hall–Kier alpha value is -4.32. The molecule has 12 nitrogen and oxygen atoms in total. The predicted octanol–water partition coefficient (Wildman–Crippen LogP) is 3.19. The fourth-order valence-corrected chi connectivity index (χ4v) is 2.79. The molecule has 0 bridgehead atoms. The second-order valence-corrected chi connectivity index (χ2v) is 7.13. The molecular weight excluding hydrogens is 462 g/mol. The number of benzene rings is 2. The van der Waals surface area contributed by atoms with Crippen molar-refractivity contribution in [2.45, 2.75) is 38.5 Å². The first kappa shape index (κ1) is 26.9. The molecule has 2 aromatic rings. The number of unbranched alkanes of at least 4 members (excludes halogenated alkanes) is 1. The number of amides is 3. The maximum atomic E-state index is 12.5. The molecule has 0 aliphatic rings. The Kier molecular flexibility index (Phi) is 11.4. The van der Waals surface area contributed by atoms with E-state index in [0.29, 0.717) is 24.3 Å². The van der Waals surface area contributed by atoms with E-state index in [-0.39, 0.29) is 13.0 Å². The van der Waals surface area contributed by atoms with Gasteiger partial charge in [-0.1, -0.05) is 36.4 Å². The zero-order valence-corrected chi connectivity index (χ0v) is 19.0. The summed E-state index contributed by atoms with van der Waals surface area (Å²) in [4.78, 5) is 51.1. The molecule has 0 heterocycles.